The van der Waals surface area contributed by atoms with Crippen LogP contribution in [0.25, 0.3) is 28.1 Å². The van der Waals surface area contributed by atoms with E-state index < -0.39 is 18.3 Å². The number of allylic oxidation sites excluding steroid dienone is 1. The molecule has 0 atom stereocenters. The lowest BCUT2D eigenvalue weighted by Crippen LogP contribution is -1.97. The highest BCUT2D eigenvalue weighted by Gasteiger charge is 2.17. The van der Waals surface area contributed by atoms with Gasteiger partial charge in [-0.05, 0) is 70.2 Å². The highest BCUT2D eigenvalue weighted by Crippen LogP contribution is 2.38. The van der Waals surface area contributed by atoms with Crippen LogP contribution < -0.4 is 0 Å². The van der Waals surface area contributed by atoms with Gasteiger partial charge in [-0.2, -0.15) is 13.9 Å². The fourth-order valence-corrected chi connectivity index (χ4v) is 4.26. The number of aromatic nitrogens is 2. The molecule has 0 spiro atoms. The van der Waals surface area contributed by atoms with Gasteiger partial charge in [0.25, 0.3) is 0 Å². The van der Waals surface area contributed by atoms with Crippen LogP contribution in [0.5, 0.6) is 0 Å². The van der Waals surface area contributed by atoms with Crippen LogP contribution in [0.2, 0.25) is 5.02 Å². The zero-order valence-corrected chi connectivity index (χ0v) is 19.3. The summed E-state index contributed by atoms with van der Waals surface area (Å²) in [7, 11) is 0. The minimum absolute atomic E-state index is 0.256. The Morgan fingerprint density at radius 3 is 2.43 bits per heavy atom. The molecule has 8 heteroatoms. The Morgan fingerprint density at radius 2 is 1.80 bits per heavy atom. The van der Waals surface area contributed by atoms with E-state index in [1.165, 1.54) is 24.4 Å². The molecule has 0 aliphatic heterocycles. The van der Waals surface area contributed by atoms with E-state index in [-0.39, 0.29) is 5.02 Å². The molecule has 0 unspecified atom stereocenters. The number of rotatable bonds is 7. The van der Waals surface area contributed by atoms with E-state index in [9.17, 15) is 18.0 Å². The Morgan fingerprint density at radius 1 is 1.09 bits per heavy atom. The largest absolute Gasteiger partial charge is 0.478 e. The molecule has 1 heterocycles. The van der Waals surface area contributed by atoms with Gasteiger partial charge in [-0.25, -0.2) is 13.9 Å². The third kappa shape index (κ3) is 5.30. The van der Waals surface area contributed by atoms with Crippen LogP contribution in [0.15, 0.2) is 72.9 Å². The van der Waals surface area contributed by atoms with Gasteiger partial charge in [0.15, 0.2) is 0 Å². The average molecular weight is 497 g/mol. The van der Waals surface area contributed by atoms with Gasteiger partial charge >= 0.3 is 12.5 Å². The number of aliphatic carboxylic acids is 1. The Kier molecular flexibility index (Phi) is 7.07. The van der Waals surface area contributed by atoms with E-state index in [2.05, 4.69) is 5.10 Å². The van der Waals surface area contributed by atoms with Gasteiger partial charge in [0.2, 0.25) is 0 Å². The van der Waals surface area contributed by atoms with Gasteiger partial charge in [-0.3, -0.25) is 0 Å². The van der Waals surface area contributed by atoms with E-state index in [0.29, 0.717) is 33.1 Å². The fourth-order valence-electron chi connectivity index (χ4n) is 3.98. The summed E-state index contributed by atoms with van der Waals surface area (Å²) in [4.78, 5) is 10.8. The number of carboxylic acids is 1. The predicted octanol–water partition coefficient (Wildman–Crippen LogP) is 7.69. The number of fused-ring (bicyclic) bond motifs is 1. The summed E-state index contributed by atoms with van der Waals surface area (Å²) >= 11 is 6.42. The molecule has 1 aromatic heterocycles. The van der Waals surface area contributed by atoms with Crippen molar-refractivity contribution in [1.82, 2.24) is 9.78 Å². The number of alkyl halides is 2. The first kappa shape index (κ1) is 24.3. The summed E-state index contributed by atoms with van der Waals surface area (Å²) in [5, 5.41) is 13.6. The highest BCUT2D eigenvalue weighted by atomic mass is 35.5. The predicted molar refractivity (Wildman–Crippen MR) is 132 cm³/mol. The summed E-state index contributed by atoms with van der Waals surface area (Å²) in [6.45, 7) is -0.803. The molecule has 0 fully saturated rings. The van der Waals surface area contributed by atoms with Crippen LogP contribution in [0.3, 0.4) is 0 Å². The van der Waals surface area contributed by atoms with Crippen molar-refractivity contribution in [3.05, 3.63) is 106 Å². The topological polar surface area (TPSA) is 55.1 Å². The molecular formula is C27H20ClF3N2O2. The number of carboxylic acid groups (broad SMARTS) is 1. The van der Waals surface area contributed by atoms with E-state index in [0.717, 1.165) is 28.3 Å². The molecule has 1 N–H and O–H groups in total. The number of benzene rings is 3. The molecule has 4 aromatic rings. The Hall–Kier alpha value is -3.84. The van der Waals surface area contributed by atoms with Crippen LogP contribution in [0, 0.1) is 5.82 Å². The zero-order chi connectivity index (χ0) is 25.1. The second kappa shape index (κ2) is 10.2. The van der Waals surface area contributed by atoms with Crippen molar-refractivity contribution in [2.45, 2.75) is 19.9 Å². The summed E-state index contributed by atoms with van der Waals surface area (Å²) < 4.78 is 40.7. The lowest BCUT2D eigenvalue weighted by atomic mass is 9.87. The van der Waals surface area contributed by atoms with Crippen molar-refractivity contribution in [3.8, 4) is 0 Å². The van der Waals surface area contributed by atoms with Crippen LogP contribution in [-0.2, 0) is 4.79 Å². The molecule has 0 aliphatic rings. The molecule has 0 saturated carbocycles. The minimum atomic E-state index is -2.75. The third-order valence-electron chi connectivity index (χ3n) is 5.54. The molecule has 35 heavy (non-hydrogen) atoms. The normalized spacial score (nSPS) is 12.5. The molecule has 0 aliphatic carbocycles. The quantitative estimate of drug-likeness (QED) is 0.211. The molecule has 4 rings (SSSR count). The lowest BCUT2D eigenvalue weighted by molar-refractivity contribution is -0.131. The van der Waals surface area contributed by atoms with Gasteiger partial charge in [0.1, 0.15) is 5.82 Å². The van der Waals surface area contributed by atoms with Crippen molar-refractivity contribution >= 4 is 45.7 Å². The van der Waals surface area contributed by atoms with E-state index in [1.54, 1.807) is 36.4 Å². The molecule has 3 aromatic carbocycles. The van der Waals surface area contributed by atoms with Gasteiger partial charge in [0.05, 0.1) is 10.5 Å². The minimum Gasteiger partial charge on any atom is -0.478 e. The van der Waals surface area contributed by atoms with E-state index >= 15 is 0 Å². The maximum absolute atomic E-state index is 13.8. The summed E-state index contributed by atoms with van der Waals surface area (Å²) in [5.74, 6) is -1.50. The maximum atomic E-state index is 13.8. The summed E-state index contributed by atoms with van der Waals surface area (Å²) in [5.41, 5.74) is 4.96. The van der Waals surface area contributed by atoms with Gasteiger partial charge < -0.3 is 5.11 Å². The zero-order valence-electron chi connectivity index (χ0n) is 18.6. The fraction of sp³-hybridized carbons (Fsp3) is 0.111. The maximum Gasteiger partial charge on any atom is 0.333 e. The Bertz CT molecular complexity index is 1460. The van der Waals surface area contributed by atoms with E-state index in [1.807, 2.05) is 19.1 Å². The number of halogens is 4. The Balaban J connectivity index is 1.94. The molecule has 178 valence electrons. The number of nitrogens with zero attached hydrogens (tertiary/aromatic N) is 2. The van der Waals surface area contributed by atoms with Gasteiger partial charge in [-0.15, -0.1) is 0 Å². The molecule has 0 amide bonds. The highest BCUT2D eigenvalue weighted by molar-refractivity contribution is 6.32. The van der Waals surface area contributed by atoms with Crippen molar-refractivity contribution in [3.63, 3.8) is 0 Å². The van der Waals surface area contributed by atoms with Crippen molar-refractivity contribution in [2.24, 2.45) is 0 Å². The van der Waals surface area contributed by atoms with Crippen molar-refractivity contribution < 1.29 is 23.1 Å². The number of carbonyl (C=O) groups is 1. The van der Waals surface area contributed by atoms with Crippen LogP contribution in [0.4, 0.5) is 13.2 Å². The molecule has 4 nitrogen and oxygen atoms in total. The van der Waals surface area contributed by atoms with Crippen LogP contribution >= 0.6 is 11.6 Å². The standard InChI is InChI=1S/C27H20ClF3N2O2/c1-2-21(22-10-9-20(29)14-23(22)28)26(17-6-3-16(4-7-17)5-12-25(34)35)18-8-11-24-19(13-18)15-33(32-24)27(30)31/h3-15,27H,2H2,1H3,(H,34,35). The smallest absolute Gasteiger partial charge is 0.333 e. The number of hydrogen-bond donors (Lipinski definition) is 1. The SMILES string of the molecule is CCC(=C(c1ccc(C=CC(=O)O)cc1)c1ccc2nn(C(F)F)cc2c1)c1ccc(F)cc1Cl. The first-order valence-electron chi connectivity index (χ1n) is 10.7. The van der Waals surface area contributed by atoms with E-state index in [4.69, 9.17) is 16.7 Å². The molecule has 0 radical (unpaired) electrons. The average Bonchev–Trinajstić information content (AvgIpc) is 3.26. The number of hydrogen-bond acceptors (Lipinski definition) is 2. The van der Waals surface area contributed by atoms with Crippen LogP contribution in [0.1, 0.15) is 42.1 Å². The third-order valence-corrected chi connectivity index (χ3v) is 5.85. The summed E-state index contributed by atoms with van der Waals surface area (Å²) in [6, 6.07) is 16.7. The summed E-state index contributed by atoms with van der Waals surface area (Å²) in [6.07, 6.45) is 4.38. The molecule has 0 bridgehead atoms. The lowest BCUT2D eigenvalue weighted by Gasteiger charge is -2.17. The molecular weight excluding hydrogens is 477 g/mol. The van der Waals surface area contributed by atoms with Crippen LogP contribution in [-0.4, -0.2) is 20.9 Å². The van der Waals surface area contributed by atoms with Crippen molar-refractivity contribution in [1.29, 1.82) is 0 Å². The monoisotopic (exact) mass is 496 g/mol. The molecule has 0 saturated heterocycles. The van der Waals surface area contributed by atoms with Gasteiger partial charge in [0, 0.05) is 17.7 Å². The first-order chi connectivity index (χ1) is 16.8. The second-order valence-electron chi connectivity index (χ2n) is 7.79. The van der Waals surface area contributed by atoms with Crippen molar-refractivity contribution in [2.75, 3.05) is 0 Å². The van der Waals surface area contributed by atoms with Gasteiger partial charge in [-0.1, -0.05) is 54.9 Å². The second-order valence-corrected chi connectivity index (χ2v) is 8.19. The first-order valence-corrected chi connectivity index (χ1v) is 11.1. The Labute approximate surface area is 204 Å².